The highest BCUT2D eigenvalue weighted by atomic mass is 16.2. The summed E-state index contributed by atoms with van der Waals surface area (Å²) in [6.45, 7) is 5.00. The van der Waals surface area contributed by atoms with Gasteiger partial charge < -0.3 is 15.2 Å². The minimum absolute atomic E-state index is 0.00452. The maximum absolute atomic E-state index is 12.7. The number of carbonyl (C=O) groups excluding carboxylic acids is 2. The summed E-state index contributed by atoms with van der Waals surface area (Å²) in [6, 6.07) is 0. The number of imidazole rings is 1. The molecule has 2 heterocycles. The number of aromatic nitrogens is 2. The van der Waals surface area contributed by atoms with Crippen LogP contribution < -0.4 is 10.6 Å². The van der Waals surface area contributed by atoms with E-state index >= 15 is 0 Å². The van der Waals surface area contributed by atoms with E-state index in [0.29, 0.717) is 25.6 Å². The van der Waals surface area contributed by atoms with Gasteiger partial charge in [0.25, 0.3) is 0 Å². The average Bonchev–Trinajstić information content (AvgIpc) is 3.43. The third kappa shape index (κ3) is 3.36. The number of nitrogens with zero attached hydrogens (tertiary/aromatic N) is 4. The molecule has 1 aromatic rings. The second-order valence-electron chi connectivity index (χ2n) is 7.32. The van der Waals surface area contributed by atoms with Crippen LogP contribution in [-0.2, 0) is 16.1 Å². The Morgan fingerprint density at radius 2 is 1.93 bits per heavy atom. The zero-order chi connectivity index (χ0) is 18.8. The van der Waals surface area contributed by atoms with Crippen LogP contribution in [-0.4, -0.2) is 58.4 Å². The lowest BCUT2D eigenvalue weighted by Gasteiger charge is -2.17. The number of fused-ring (bicyclic) bond motifs is 5. The molecular weight excluding hydrogens is 344 g/mol. The van der Waals surface area contributed by atoms with E-state index in [1.807, 2.05) is 17.7 Å². The fourth-order valence-electron chi connectivity index (χ4n) is 4.51. The van der Waals surface area contributed by atoms with Crippen LogP contribution >= 0.6 is 0 Å². The number of hydrogen-bond donors (Lipinski definition) is 2. The van der Waals surface area contributed by atoms with E-state index in [-0.39, 0.29) is 35.5 Å². The fourth-order valence-corrected chi connectivity index (χ4v) is 4.51. The Bertz CT molecular complexity index is 726. The first-order valence-electron chi connectivity index (χ1n) is 9.70. The Morgan fingerprint density at radius 3 is 2.56 bits per heavy atom. The monoisotopic (exact) mass is 370 g/mol. The summed E-state index contributed by atoms with van der Waals surface area (Å²) < 4.78 is 1.99. The van der Waals surface area contributed by atoms with Gasteiger partial charge in [-0.25, -0.2) is 4.98 Å². The summed E-state index contributed by atoms with van der Waals surface area (Å²) in [7, 11) is 0. The Labute approximate surface area is 158 Å². The van der Waals surface area contributed by atoms with Crippen molar-refractivity contribution < 1.29 is 9.59 Å². The summed E-state index contributed by atoms with van der Waals surface area (Å²) in [6.07, 6.45) is 10.6. The quantitative estimate of drug-likeness (QED) is 0.311. The van der Waals surface area contributed by atoms with E-state index in [1.54, 1.807) is 12.5 Å². The number of hydrogen-bond acceptors (Lipinski definition) is 4. The van der Waals surface area contributed by atoms with Gasteiger partial charge in [0.1, 0.15) is 0 Å². The van der Waals surface area contributed by atoms with Gasteiger partial charge in [-0.1, -0.05) is 12.2 Å². The molecule has 2 aliphatic carbocycles. The molecule has 8 nitrogen and oxygen atoms in total. The van der Waals surface area contributed by atoms with Crippen LogP contribution in [0.2, 0.25) is 0 Å². The van der Waals surface area contributed by atoms with Crippen molar-refractivity contribution in [1.82, 2.24) is 25.1 Å². The van der Waals surface area contributed by atoms with E-state index < -0.39 is 0 Å². The first kappa shape index (κ1) is 17.8. The number of imide groups is 1. The Balaban J connectivity index is 1.30. The van der Waals surface area contributed by atoms with Crippen molar-refractivity contribution in [3.63, 3.8) is 0 Å². The molecule has 8 heteroatoms. The second kappa shape index (κ2) is 7.54. The minimum atomic E-state index is -0.127. The van der Waals surface area contributed by atoms with Crippen molar-refractivity contribution in [2.24, 2.45) is 28.7 Å². The molecule has 1 aromatic heterocycles. The molecule has 2 amide bonds. The Morgan fingerprint density at radius 1 is 1.19 bits per heavy atom. The van der Waals surface area contributed by atoms with Gasteiger partial charge >= 0.3 is 0 Å². The van der Waals surface area contributed by atoms with E-state index in [4.69, 9.17) is 0 Å². The molecule has 1 saturated carbocycles. The zero-order valence-electron chi connectivity index (χ0n) is 15.5. The van der Waals surface area contributed by atoms with Gasteiger partial charge in [-0.05, 0) is 25.2 Å². The van der Waals surface area contributed by atoms with Crippen LogP contribution in [0.5, 0.6) is 0 Å². The third-order valence-corrected chi connectivity index (χ3v) is 5.72. The number of amides is 2. The number of carbonyl (C=O) groups is 2. The SMILES string of the molecule is CCNC(=NCCN1C(=O)C2C3C=CC(C3)C2C1=O)NCCn1ccnc1. The lowest BCUT2D eigenvalue weighted by Crippen LogP contribution is -2.40. The molecule has 4 unspecified atom stereocenters. The molecule has 4 atom stereocenters. The van der Waals surface area contributed by atoms with Gasteiger partial charge in [0.05, 0.1) is 24.7 Å². The summed E-state index contributed by atoms with van der Waals surface area (Å²) in [4.78, 5) is 35.3. The average molecular weight is 370 g/mol. The smallest absolute Gasteiger partial charge is 0.233 e. The molecule has 0 aromatic carbocycles. The van der Waals surface area contributed by atoms with Gasteiger partial charge in [0.15, 0.2) is 5.96 Å². The number of allylic oxidation sites excluding steroid dienone is 2. The molecule has 4 rings (SSSR count). The first-order valence-corrected chi connectivity index (χ1v) is 9.70. The highest BCUT2D eigenvalue weighted by Crippen LogP contribution is 2.52. The Kier molecular flexibility index (Phi) is 4.96. The molecular formula is C19H26N6O2. The second-order valence-corrected chi connectivity index (χ2v) is 7.32. The summed E-state index contributed by atoms with van der Waals surface area (Å²) in [5.74, 6) is 0.944. The van der Waals surface area contributed by atoms with Gasteiger partial charge in [-0.2, -0.15) is 0 Å². The van der Waals surface area contributed by atoms with Crippen LogP contribution in [0.3, 0.4) is 0 Å². The molecule has 1 aliphatic heterocycles. The molecule has 27 heavy (non-hydrogen) atoms. The molecule has 2 fully saturated rings. The van der Waals surface area contributed by atoms with Crippen LogP contribution in [0.15, 0.2) is 35.9 Å². The van der Waals surface area contributed by atoms with Crippen molar-refractivity contribution in [3.8, 4) is 0 Å². The van der Waals surface area contributed by atoms with Crippen LogP contribution in [0.25, 0.3) is 0 Å². The summed E-state index contributed by atoms with van der Waals surface area (Å²) >= 11 is 0. The highest BCUT2D eigenvalue weighted by molar-refractivity contribution is 6.06. The van der Waals surface area contributed by atoms with E-state index in [1.165, 1.54) is 4.90 Å². The molecule has 0 spiro atoms. The fraction of sp³-hybridized carbons (Fsp3) is 0.579. The summed E-state index contributed by atoms with van der Waals surface area (Å²) in [5, 5.41) is 6.45. The van der Waals surface area contributed by atoms with Crippen molar-refractivity contribution in [2.45, 2.75) is 19.9 Å². The lowest BCUT2D eigenvalue weighted by molar-refractivity contribution is -0.140. The van der Waals surface area contributed by atoms with Crippen molar-refractivity contribution >= 4 is 17.8 Å². The molecule has 2 N–H and O–H groups in total. The van der Waals surface area contributed by atoms with E-state index in [9.17, 15) is 9.59 Å². The van der Waals surface area contributed by atoms with Crippen LogP contribution in [0.4, 0.5) is 0 Å². The third-order valence-electron chi connectivity index (χ3n) is 5.72. The van der Waals surface area contributed by atoms with E-state index in [0.717, 1.165) is 19.5 Å². The molecule has 2 bridgehead atoms. The number of likely N-dealkylation sites (tertiary alicyclic amines) is 1. The standard InChI is InChI=1S/C19H26N6O2/c1-2-21-19(22-6-9-24-8-5-20-12-24)23-7-10-25-17(26)15-13-3-4-14(11-13)16(15)18(25)27/h3-5,8,12-16H,2,6-7,9-11H2,1H3,(H2,21,22,23). The zero-order valence-corrected chi connectivity index (χ0v) is 15.5. The normalized spacial score (nSPS) is 28.9. The minimum Gasteiger partial charge on any atom is -0.357 e. The maximum atomic E-state index is 12.7. The van der Waals surface area contributed by atoms with Gasteiger partial charge in [-0.3, -0.25) is 19.5 Å². The predicted molar refractivity (Wildman–Crippen MR) is 101 cm³/mol. The molecule has 144 valence electrons. The molecule has 1 saturated heterocycles. The predicted octanol–water partition coefficient (Wildman–Crippen LogP) is 0.245. The van der Waals surface area contributed by atoms with Crippen LogP contribution in [0, 0.1) is 23.7 Å². The first-order chi connectivity index (χ1) is 13.2. The van der Waals surface area contributed by atoms with Crippen molar-refractivity contribution in [1.29, 1.82) is 0 Å². The van der Waals surface area contributed by atoms with Crippen molar-refractivity contribution in [2.75, 3.05) is 26.2 Å². The maximum Gasteiger partial charge on any atom is 0.233 e. The van der Waals surface area contributed by atoms with Gasteiger partial charge in [0.2, 0.25) is 11.8 Å². The van der Waals surface area contributed by atoms with E-state index in [2.05, 4.69) is 32.8 Å². The van der Waals surface area contributed by atoms with Gasteiger partial charge in [0, 0.05) is 38.6 Å². The van der Waals surface area contributed by atoms with Crippen molar-refractivity contribution in [3.05, 3.63) is 30.9 Å². The largest absolute Gasteiger partial charge is 0.357 e. The lowest BCUT2D eigenvalue weighted by atomic mass is 9.85. The number of guanidine groups is 1. The Hall–Kier alpha value is -2.64. The van der Waals surface area contributed by atoms with Gasteiger partial charge in [-0.15, -0.1) is 0 Å². The molecule has 3 aliphatic rings. The number of rotatable bonds is 7. The molecule has 0 radical (unpaired) electrons. The highest BCUT2D eigenvalue weighted by Gasteiger charge is 2.58. The number of aliphatic imine (C=N–C) groups is 1. The summed E-state index contributed by atoms with van der Waals surface area (Å²) in [5.41, 5.74) is 0. The van der Waals surface area contributed by atoms with Crippen LogP contribution in [0.1, 0.15) is 13.3 Å². The topological polar surface area (TPSA) is 91.6 Å². The number of nitrogens with one attached hydrogen (secondary N) is 2.